The molecule has 0 unspecified atom stereocenters. The van der Waals surface area contributed by atoms with Gasteiger partial charge in [-0.3, -0.25) is 14.4 Å². The topological polar surface area (TPSA) is 78.9 Å². The van der Waals surface area contributed by atoms with Crippen LogP contribution in [-0.4, -0.2) is 37.2 Å². The molecule has 0 saturated heterocycles. The molecular formula is C59H114O6. The summed E-state index contributed by atoms with van der Waals surface area (Å²) in [6, 6.07) is 0. The van der Waals surface area contributed by atoms with Crippen LogP contribution >= 0.6 is 0 Å². The average molecular weight is 920 g/mol. The van der Waals surface area contributed by atoms with Gasteiger partial charge >= 0.3 is 17.9 Å². The van der Waals surface area contributed by atoms with Crippen molar-refractivity contribution < 1.29 is 28.6 Å². The lowest BCUT2D eigenvalue weighted by Crippen LogP contribution is -2.30. The van der Waals surface area contributed by atoms with Crippen LogP contribution in [0.3, 0.4) is 0 Å². The minimum Gasteiger partial charge on any atom is -0.462 e. The van der Waals surface area contributed by atoms with E-state index in [0.717, 1.165) is 69.6 Å². The summed E-state index contributed by atoms with van der Waals surface area (Å²) >= 11 is 0. The smallest absolute Gasteiger partial charge is 0.306 e. The third-order valence-electron chi connectivity index (χ3n) is 13.5. The summed E-state index contributed by atoms with van der Waals surface area (Å²) < 4.78 is 16.9. The Morgan fingerprint density at radius 3 is 0.754 bits per heavy atom. The summed E-state index contributed by atoms with van der Waals surface area (Å²) in [5.41, 5.74) is 0. The van der Waals surface area contributed by atoms with Crippen molar-refractivity contribution in [3.05, 3.63) is 0 Å². The molecule has 386 valence electrons. The summed E-state index contributed by atoms with van der Waals surface area (Å²) in [5.74, 6) is 0.861. The number of hydrogen-bond donors (Lipinski definition) is 0. The van der Waals surface area contributed by atoms with Crippen LogP contribution in [0.15, 0.2) is 0 Å². The second-order valence-electron chi connectivity index (χ2n) is 21.2. The molecule has 6 nitrogen and oxygen atoms in total. The quantitative estimate of drug-likeness (QED) is 0.0344. The van der Waals surface area contributed by atoms with E-state index in [1.165, 1.54) is 218 Å². The Morgan fingerprint density at radius 2 is 0.508 bits per heavy atom. The Labute approximate surface area is 406 Å². The molecule has 0 aromatic carbocycles. The highest BCUT2D eigenvalue weighted by Gasteiger charge is 2.19. The zero-order valence-electron chi connectivity index (χ0n) is 44.6. The Balaban J connectivity index is 4.23. The number of esters is 3. The van der Waals surface area contributed by atoms with Gasteiger partial charge in [0.2, 0.25) is 0 Å². The summed E-state index contributed by atoms with van der Waals surface area (Å²) in [7, 11) is 0. The fourth-order valence-electron chi connectivity index (χ4n) is 9.05. The molecule has 0 radical (unpaired) electrons. The van der Waals surface area contributed by atoms with E-state index in [-0.39, 0.29) is 31.1 Å². The van der Waals surface area contributed by atoms with Gasteiger partial charge < -0.3 is 14.2 Å². The van der Waals surface area contributed by atoms with Crippen LogP contribution in [0.1, 0.15) is 330 Å². The van der Waals surface area contributed by atoms with Gasteiger partial charge in [0, 0.05) is 19.3 Å². The first-order valence-corrected chi connectivity index (χ1v) is 29.2. The van der Waals surface area contributed by atoms with Crippen molar-refractivity contribution in [3.63, 3.8) is 0 Å². The molecule has 0 fully saturated rings. The van der Waals surface area contributed by atoms with E-state index in [9.17, 15) is 14.4 Å². The second kappa shape index (κ2) is 51.8. The minimum atomic E-state index is -0.762. The lowest BCUT2D eigenvalue weighted by molar-refractivity contribution is -0.167. The molecule has 0 rings (SSSR count). The molecule has 0 aromatic heterocycles. The zero-order valence-corrected chi connectivity index (χ0v) is 44.6. The summed E-state index contributed by atoms with van der Waals surface area (Å²) in [6.45, 7) is 11.4. The first kappa shape index (κ1) is 63.4. The van der Waals surface area contributed by atoms with Gasteiger partial charge in [0.05, 0.1) is 0 Å². The number of carbonyl (C=O) groups is 3. The number of rotatable bonds is 53. The monoisotopic (exact) mass is 919 g/mol. The molecule has 1 atom stereocenters. The van der Waals surface area contributed by atoms with E-state index in [4.69, 9.17) is 14.2 Å². The average Bonchev–Trinajstić information content (AvgIpc) is 3.28. The van der Waals surface area contributed by atoms with Crippen LogP contribution in [0.2, 0.25) is 0 Å². The maximum Gasteiger partial charge on any atom is 0.306 e. The highest BCUT2D eigenvalue weighted by atomic mass is 16.6. The third kappa shape index (κ3) is 53.2. The molecule has 6 heteroatoms. The molecule has 0 saturated carbocycles. The van der Waals surface area contributed by atoms with Crippen molar-refractivity contribution in [2.75, 3.05) is 13.2 Å². The predicted molar refractivity (Wildman–Crippen MR) is 280 cm³/mol. The minimum absolute atomic E-state index is 0.0625. The van der Waals surface area contributed by atoms with Gasteiger partial charge in [0.25, 0.3) is 0 Å². The Kier molecular flexibility index (Phi) is 50.5. The largest absolute Gasteiger partial charge is 0.462 e. The van der Waals surface area contributed by atoms with Gasteiger partial charge in [-0.15, -0.1) is 0 Å². The molecule has 0 aliphatic heterocycles. The Bertz CT molecular complexity index is 993. The van der Waals surface area contributed by atoms with Crippen molar-refractivity contribution >= 4 is 17.9 Å². The first-order valence-electron chi connectivity index (χ1n) is 29.2. The van der Waals surface area contributed by atoms with E-state index in [1.54, 1.807) is 0 Å². The molecule has 0 aliphatic rings. The molecule has 0 spiro atoms. The molecule has 0 heterocycles. The Hall–Kier alpha value is -1.59. The standard InChI is InChI=1S/C59H114O6/c1-6-7-8-9-10-11-29-34-39-44-49-57(60)63-52-56(65-59(62)51-46-41-36-31-26-22-18-14-16-20-24-28-33-38-43-48-55(4)5)53-64-58(61)50-45-40-35-30-25-21-17-13-12-15-19-23-27-32-37-42-47-54(2)3/h54-56H,6-53H2,1-5H3/t56-/m0/s1. The molecule has 0 N–H and O–H groups in total. The first-order chi connectivity index (χ1) is 31.7. The summed E-state index contributed by atoms with van der Waals surface area (Å²) in [5, 5.41) is 0. The summed E-state index contributed by atoms with van der Waals surface area (Å²) in [6.07, 6.45) is 55.3. The van der Waals surface area contributed by atoms with Gasteiger partial charge in [0.15, 0.2) is 6.10 Å². The molecule has 65 heavy (non-hydrogen) atoms. The van der Waals surface area contributed by atoms with Crippen LogP contribution in [0, 0.1) is 11.8 Å². The van der Waals surface area contributed by atoms with E-state index in [1.807, 2.05) is 0 Å². The molecule has 0 amide bonds. The van der Waals surface area contributed by atoms with Crippen molar-refractivity contribution in [2.45, 2.75) is 336 Å². The van der Waals surface area contributed by atoms with E-state index >= 15 is 0 Å². The van der Waals surface area contributed by atoms with E-state index in [0.29, 0.717) is 19.3 Å². The van der Waals surface area contributed by atoms with Gasteiger partial charge in [-0.05, 0) is 31.1 Å². The van der Waals surface area contributed by atoms with Crippen LogP contribution in [0.5, 0.6) is 0 Å². The highest BCUT2D eigenvalue weighted by Crippen LogP contribution is 2.18. The van der Waals surface area contributed by atoms with Crippen molar-refractivity contribution in [1.82, 2.24) is 0 Å². The van der Waals surface area contributed by atoms with Gasteiger partial charge in [-0.25, -0.2) is 0 Å². The van der Waals surface area contributed by atoms with Gasteiger partial charge in [-0.1, -0.05) is 291 Å². The fraction of sp³-hybridized carbons (Fsp3) is 0.949. The number of unbranched alkanes of at least 4 members (excludes halogenated alkanes) is 38. The third-order valence-corrected chi connectivity index (χ3v) is 13.5. The van der Waals surface area contributed by atoms with Crippen molar-refractivity contribution in [3.8, 4) is 0 Å². The molecule has 0 aromatic rings. The van der Waals surface area contributed by atoms with E-state index < -0.39 is 6.10 Å². The lowest BCUT2D eigenvalue weighted by Gasteiger charge is -2.18. The maximum atomic E-state index is 12.8. The maximum absolute atomic E-state index is 12.8. The molecule has 0 aliphatic carbocycles. The highest BCUT2D eigenvalue weighted by molar-refractivity contribution is 5.71. The molecular weight excluding hydrogens is 805 g/mol. The summed E-state index contributed by atoms with van der Waals surface area (Å²) in [4.78, 5) is 38.1. The van der Waals surface area contributed by atoms with Crippen LogP contribution in [-0.2, 0) is 28.6 Å². The van der Waals surface area contributed by atoms with Gasteiger partial charge in [-0.2, -0.15) is 0 Å². The fourth-order valence-corrected chi connectivity index (χ4v) is 9.05. The van der Waals surface area contributed by atoms with Crippen LogP contribution in [0.25, 0.3) is 0 Å². The van der Waals surface area contributed by atoms with Gasteiger partial charge in [0.1, 0.15) is 13.2 Å². The zero-order chi connectivity index (χ0) is 47.5. The van der Waals surface area contributed by atoms with E-state index in [2.05, 4.69) is 34.6 Å². The number of carbonyl (C=O) groups excluding carboxylic acids is 3. The SMILES string of the molecule is CCCCCCCCCCCCC(=O)OC[C@@H](COC(=O)CCCCCCCCCCCCCCCCCCC(C)C)OC(=O)CCCCCCCCCCCCCCCCCC(C)C. The van der Waals surface area contributed by atoms with Crippen molar-refractivity contribution in [1.29, 1.82) is 0 Å². The van der Waals surface area contributed by atoms with Crippen LogP contribution < -0.4 is 0 Å². The molecule has 0 bridgehead atoms. The normalized spacial score (nSPS) is 12.0. The second-order valence-corrected chi connectivity index (χ2v) is 21.2. The number of hydrogen-bond acceptors (Lipinski definition) is 6. The van der Waals surface area contributed by atoms with Crippen molar-refractivity contribution in [2.24, 2.45) is 11.8 Å². The lowest BCUT2D eigenvalue weighted by atomic mass is 10.0. The predicted octanol–water partition coefficient (Wildman–Crippen LogP) is 19.3. The Morgan fingerprint density at radius 1 is 0.292 bits per heavy atom. The number of ether oxygens (including phenoxy) is 3. The van der Waals surface area contributed by atoms with Crippen LogP contribution in [0.4, 0.5) is 0 Å².